The molecule has 0 bridgehead atoms. The molecule has 0 spiro atoms. The van der Waals surface area contributed by atoms with Gasteiger partial charge in [-0.15, -0.1) is 0 Å². The Morgan fingerprint density at radius 1 is 0.545 bits per heavy atom. The third-order valence-corrected chi connectivity index (χ3v) is 4.33. The maximum atomic E-state index is 2.30. The van der Waals surface area contributed by atoms with Crippen molar-refractivity contribution in [3.8, 4) is 22.3 Å². The van der Waals surface area contributed by atoms with E-state index in [1.807, 2.05) is 0 Å². The summed E-state index contributed by atoms with van der Waals surface area (Å²) in [7, 11) is 0. The van der Waals surface area contributed by atoms with Gasteiger partial charge in [0.05, 0.1) is 0 Å². The van der Waals surface area contributed by atoms with Gasteiger partial charge in [-0.1, -0.05) is 65.7 Å². The summed E-state index contributed by atoms with van der Waals surface area (Å²) in [5, 5.41) is 0. The third kappa shape index (κ3) is 2.82. The summed E-state index contributed by atoms with van der Waals surface area (Å²) in [5.41, 5.74) is 10.5. The predicted molar refractivity (Wildman–Crippen MR) is 96.3 cm³/mol. The number of rotatable bonds is 2. The monoisotopic (exact) mass is 286 g/mol. The quantitative estimate of drug-likeness (QED) is 0.522. The fraction of sp³-hybridized carbons (Fsp3) is 0.182. The molecule has 22 heavy (non-hydrogen) atoms. The molecule has 3 rings (SSSR count). The molecule has 0 aliphatic carbocycles. The van der Waals surface area contributed by atoms with Crippen LogP contribution in [0.2, 0.25) is 0 Å². The van der Waals surface area contributed by atoms with E-state index >= 15 is 0 Å². The third-order valence-electron chi connectivity index (χ3n) is 4.33. The molecule has 0 heterocycles. The molecule has 0 saturated heterocycles. The second-order valence-corrected chi connectivity index (χ2v) is 6.20. The van der Waals surface area contributed by atoms with Crippen LogP contribution in [-0.2, 0) is 0 Å². The Morgan fingerprint density at radius 2 is 1.18 bits per heavy atom. The summed E-state index contributed by atoms with van der Waals surface area (Å²) < 4.78 is 0. The minimum absolute atomic E-state index is 1.28. The second kappa shape index (κ2) is 5.81. The average molecular weight is 286 g/mol. The van der Waals surface area contributed by atoms with Crippen molar-refractivity contribution in [1.29, 1.82) is 0 Å². The zero-order chi connectivity index (χ0) is 15.7. The van der Waals surface area contributed by atoms with E-state index in [4.69, 9.17) is 0 Å². The molecule has 0 heteroatoms. The molecule has 0 N–H and O–H groups in total. The summed E-state index contributed by atoms with van der Waals surface area (Å²) in [6, 6.07) is 22.1. The van der Waals surface area contributed by atoms with Gasteiger partial charge in [0.1, 0.15) is 0 Å². The Morgan fingerprint density at radius 3 is 1.91 bits per heavy atom. The van der Waals surface area contributed by atoms with E-state index in [1.165, 1.54) is 44.5 Å². The first-order valence-corrected chi connectivity index (χ1v) is 7.80. The first-order chi connectivity index (χ1) is 10.5. The maximum absolute atomic E-state index is 2.30. The van der Waals surface area contributed by atoms with Gasteiger partial charge in [-0.3, -0.25) is 0 Å². The smallest absolute Gasteiger partial charge is 0.0152 e. The zero-order valence-electron chi connectivity index (χ0n) is 13.8. The van der Waals surface area contributed by atoms with Crippen LogP contribution >= 0.6 is 0 Å². The van der Waals surface area contributed by atoms with E-state index in [1.54, 1.807) is 0 Å². The van der Waals surface area contributed by atoms with Crippen molar-refractivity contribution < 1.29 is 0 Å². The predicted octanol–water partition coefficient (Wildman–Crippen LogP) is 6.25. The van der Waals surface area contributed by atoms with Crippen LogP contribution in [0.15, 0.2) is 60.7 Å². The van der Waals surface area contributed by atoms with Gasteiger partial charge in [0.15, 0.2) is 0 Å². The van der Waals surface area contributed by atoms with Crippen LogP contribution in [0.4, 0.5) is 0 Å². The van der Waals surface area contributed by atoms with E-state index < -0.39 is 0 Å². The van der Waals surface area contributed by atoms with Crippen LogP contribution in [-0.4, -0.2) is 0 Å². The summed E-state index contributed by atoms with van der Waals surface area (Å²) >= 11 is 0. The highest BCUT2D eigenvalue weighted by molar-refractivity contribution is 5.75. The Kier molecular flexibility index (Phi) is 3.85. The van der Waals surface area contributed by atoms with Crippen LogP contribution < -0.4 is 0 Å². The largest absolute Gasteiger partial charge is 0.0614 e. The molecule has 0 radical (unpaired) electrons. The fourth-order valence-electron chi connectivity index (χ4n) is 3.07. The fourth-order valence-corrected chi connectivity index (χ4v) is 3.07. The van der Waals surface area contributed by atoms with Crippen LogP contribution in [0.1, 0.15) is 22.3 Å². The van der Waals surface area contributed by atoms with Gasteiger partial charge in [-0.05, 0) is 67.1 Å². The molecule has 0 aliphatic heterocycles. The highest BCUT2D eigenvalue weighted by atomic mass is 14.1. The Labute approximate surface area is 133 Å². The van der Waals surface area contributed by atoms with Crippen molar-refractivity contribution in [2.24, 2.45) is 0 Å². The van der Waals surface area contributed by atoms with E-state index in [0.717, 1.165) is 0 Å². The van der Waals surface area contributed by atoms with Gasteiger partial charge < -0.3 is 0 Å². The molecule has 0 saturated carbocycles. The Balaban J connectivity index is 2.12. The van der Waals surface area contributed by atoms with Gasteiger partial charge in [0.2, 0.25) is 0 Å². The first-order valence-electron chi connectivity index (χ1n) is 7.80. The van der Waals surface area contributed by atoms with Crippen molar-refractivity contribution in [2.45, 2.75) is 27.7 Å². The van der Waals surface area contributed by atoms with Crippen molar-refractivity contribution >= 4 is 0 Å². The van der Waals surface area contributed by atoms with E-state index in [9.17, 15) is 0 Å². The summed E-state index contributed by atoms with van der Waals surface area (Å²) in [5.74, 6) is 0. The van der Waals surface area contributed by atoms with Gasteiger partial charge in [0, 0.05) is 0 Å². The lowest BCUT2D eigenvalue weighted by Crippen LogP contribution is -1.88. The first kappa shape index (κ1) is 14.6. The normalized spacial score (nSPS) is 10.7. The van der Waals surface area contributed by atoms with Crippen LogP contribution in [0, 0.1) is 27.7 Å². The van der Waals surface area contributed by atoms with Crippen molar-refractivity contribution in [1.82, 2.24) is 0 Å². The zero-order valence-corrected chi connectivity index (χ0v) is 13.8. The summed E-state index contributed by atoms with van der Waals surface area (Å²) in [6.07, 6.45) is 0. The summed E-state index contributed by atoms with van der Waals surface area (Å²) in [4.78, 5) is 0. The molecule has 110 valence electrons. The molecule has 0 aliphatic rings. The van der Waals surface area contributed by atoms with E-state index in [0.29, 0.717) is 0 Å². The maximum Gasteiger partial charge on any atom is -0.0152 e. The second-order valence-electron chi connectivity index (χ2n) is 6.20. The highest BCUT2D eigenvalue weighted by Gasteiger charge is 2.06. The minimum Gasteiger partial charge on any atom is -0.0614 e. The Bertz CT molecular complexity index is 805. The van der Waals surface area contributed by atoms with Gasteiger partial charge in [0.25, 0.3) is 0 Å². The lowest BCUT2D eigenvalue weighted by Gasteiger charge is -2.11. The Hall–Kier alpha value is -2.34. The standard InChI is InChI=1S/C22H22/c1-15-11-16(2)13-21(12-15)19-8-6-9-20(14-19)22-10-5-7-17(3)18(22)4/h5-14H,1-4H3. The number of hydrogen-bond donors (Lipinski definition) is 0. The summed E-state index contributed by atoms with van der Waals surface area (Å²) in [6.45, 7) is 8.69. The van der Waals surface area contributed by atoms with Crippen LogP contribution in [0.3, 0.4) is 0 Å². The highest BCUT2D eigenvalue weighted by Crippen LogP contribution is 2.30. The molecule has 0 amide bonds. The molecule has 0 aromatic heterocycles. The molecule has 0 unspecified atom stereocenters. The molecule has 0 nitrogen and oxygen atoms in total. The van der Waals surface area contributed by atoms with Crippen molar-refractivity contribution in [2.75, 3.05) is 0 Å². The molecule has 0 atom stereocenters. The average Bonchev–Trinajstić information content (AvgIpc) is 2.49. The van der Waals surface area contributed by atoms with Gasteiger partial charge in [-0.2, -0.15) is 0 Å². The minimum atomic E-state index is 1.28. The SMILES string of the molecule is Cc1cc(C)cc(-c2cccc(-c3cccc(C)c3C)c2)c1. The van der Waals surface area contributed by atoms with Crippen molar-refractivity contribution in [3.05, 3.63) is 82.9 Å². The lowest BCUT2D eigenvalue weighted by molar-refractivity contribution is 1.34. The van der Waals surface area contributed by atoms with Crippen LogP contribution in [0.25, 0.3) is 22.3 Å². The topological polar surface area (TPSA) is 0 Å². The van der Waals surface area contributed by atoms with Gasteiger partial charge >= 0.3 is 0 Å². The number of hydrogen-bond acceptors (Lipinski definition) is 0. The molecule has 3 aromatic rings. The van der Waals surface area contributed by atoms with E-state index in [2.05, 4.69) is 88.4 Å². The molecular weight excluding hydrogens is 264 g/mol. The van der Waals surface area contributed by atoms with E-state index in [-0.39, 0.29) is 0 Å². The number of aryl methyl sites for hydroxylation is 3. The van der Waals surface area contributed by atoms with Crippen molar-refractivity contribution in [3.63, 3.8) is 0 Å². The molecule has 3 aromatic carbocycles. The number of benzene rings is 3. The lowest BCUT2D eigenvalue weighted by atomic mass is 9.93. The van der Waals surface area contributed by atoms with Gasteiger partial charge in [-0.25, -0.2) is 0 Å². The molecule has 0 fully saturated rings. The van der Waals surface area contributed by atoms with Crippen LogP contribution in [0.5, 0.6) is 0 Å². The molecular formula is C22H22.